The molecule has 5 aromatic rings. The van der Waals surface area contributed by atoms with Crippen molar-refractivity contribution in [2.24, 2.45) is 0 Å². The number of hydrogen-bond donors (Lipinski definition) is 3. The van der Waals surface area contributed by atoms with Crippen LogP contribution < -0.4 is 11.1 Å². The topological polar surface area (TPSA) is 104 Å². The molecule has 9 nitrogen and oxygen atoms in total. The van der Waals surface area contributed by atoms with Gasteiger partial charge in [-0.2, -0.15) is 0 Å². The van der Waals surface area contributed by atoms with Crippen LogP contribution >= 0.6 is 0 Å². The van der Waals surface area contributed by atoms with Crippen LogP contribution in [0.25, 0.3) is 33.2 Å². The molecular formula is C32H39N9. The summed E-state index contributed by atoms with van der Waals surface area (Å²) in [7, 11) is 2.23. The Morgan fingerprint density at radius 1 is 0.927 bits per heavy atom. The molecule has 0 unspecified atom stereocenters. The molecule has 4 heterocycles. The van der Waals surface area contributed by atoms with E-state index < -0.39 is 0 Å². The van der Waals surface area contributed by atoms with Gasteiger partial charge in [0.15, 0.2) is 0 Å². The van der Waals surface area contributed by atoms with Gasteiger partial charge in [0.1, 0.15) is 17.8 Å². The van der Waals surface area contributed by atoms with Crippen molar-refractivity contribution in [1.29, 1.82) is 0 Å². The van der Waals surface area contributed by atoms with Crippen molar-refractivity contribution >= 4 is 39.5 Å². The van der Waals surface area contributed by atoms with Gasteiger partial charge in [-0.3, -0.25) is 4.90 Å². The number of anilines is 3. The van der Waals surface area contributed by atoms with Gasteiger partial charge in [0.05, 0.1) is 16.4 Å². The van der Waals surface area contributed by atoms with Gasteiger partial charge < -0.3 is 25.5 Å². The molecule has 2 aliphatic rings. The monoisotopic (exact) mass is 549 g/mol. The number of nitrogens with one attached hydrogen (secondary N) is 2. The van der Waals surface area contributed by atoms with Gasteiger partial charge in [0, 0.05) is 55.7 Å². The summed E-state index contributed by atoms with van der Waals surface area (Å²) in [5.41, 5.74) is 15.0. The number of likely N-dealkylation sites (N-methyl/N-ethyl adjacent to an activating group) is 1. The van der Waals surface area contributed by atoms with Crippen LogP contribution in [0.5, 0.6) is 0 Å². The third-order valence-electron chi connectivity index (χ3n) is 9.15. The fourth-order valence-corrected chi connectivity index (χ4v) is 6.89. The van der Waals surface area contributed by atoms with E-state index in [-0.39, 0.29) is 0 Å². The molecule has 0 atom stereocenters. The summed E-state index contributed by atoms with van der Waals surface area (Å²) in [6, 6.07) is 13.8. The van der Waals surface area contributed by atoms with Crippen LogP contribution in [0.15, 0.2) is 48.9 Å². The lowest BCUT2D eigenvalue weighted by molar-refractivity contribution is 0.0828. The largest absolute Gasteiger partial charge is 0.383 e. The molecule has 0 amide bonds. The lowest BCUT2D eigenvalue weighted by atomic mass is 9.89. The molecule has 41 heavy (non-hydrogen) atoms. The number of aryl methyl sites for hydroxylation is 2. The highest BCUT2D eigenvalue weighted by Gasteiger charge is 2.30. The number of fused-ring (bicyclic) bond motifs is 2. The molecule has 212 valence electrons. The average Bonchev–Trinajstić information content (AvgIpc) is 3.56. The third kappa shape index (κ3) is 4.93. The predicted molar refractivity (Wildman–Crippen MR) is 167 cm³/mol. The maximum atomic E-state index is 6.46. The number of nitrogen functional groups attached to an aromatic ring is 1. The maximum absolute atomic E-state index is 6.46. The average molecular weight is 550 g/mol. The van der Waals surface area contributed by atoms with Gasteiger partial charge in [-0.15, -0.1) is 0 Å². The van der Waals surface area contributed by atoms with Crippen molar-refractivity contribution in [2.45, 2.75) is 51.6 Å². The molecule has 2 aromatic carbocycles. The van der Waals surface area contributed by atoms with E-state index in [1.807, 2.05) is 0 Å². The van der Waals surface area contributed by atoms with E-state index in [0.717, 1.165) is 57.7 Å². The highest BCUT2D eigenvalue weighted by atomic mass is 15.3. The lowest BCUT2D eigenvalue weighted by Crippen LogP contribution is -2.49. The highest BCUT2D eigenvalue weighted by Crippen LogP contribution is 2.39. The van der Waals surface area contributed by atoms with Crippen molar-refractivity contribution in [3.8, 4) is 11.1 Å². The van der Waals surface area contributed by atoms with E-state index in [1.165, 1.54) is 50.1 Å². The number of benzene rings is 2. The standard InChI is InChI=1S/C32H39N9/c1-20-16-21(2)29-27(17-20)37-32(38-29)36-23-6-4-22(5-7-23)26-18-41(31-28(26)30(33)34-19-35-31)25-10-8-24(9-11-25)40-14-12-39(3)13-15-40/h4-7,16-19,24-25H,8-15H2,1-3H3,(H2,33,34,35)(H2,36,37,38). The number of H-pyrrole nitrogens is 1. The Balaban J connectivity index is 1.12. The minimum atomic E-state index is 0.422. The highest BCUT2D eigenvalue weighted by molar-refractivity contribution is 6.00. The van der Waals surface area contributed by atoms with Crippen LogP contribution in [0.1, 0.15) is 42.9 Å². The number of imidazole rings is 1. The molecule has 2 fully saturated rings. The summed E-state index contributed by atoms with van der Waals surface area (Å²) >= 11 is 0. The molecule has 4 N–H and O–H groups in total. The molecule has 0 bridgehead atoms. The van der Waals surface area contributed by atoms with E-state index in [1.54, 1.807) is 6.33 Å². The summed E-state index contributed by atoms with van der Waals surface area (Å²) < 4.78 is 2.37. The number of rotatable bonds is 5. The summed E-state index contributed by atoms with van der Waals surface area (Å²) in [5.74, 6) is 1.27. The summed E-state index contributed by atoms with van der Waals surface area (Å²) in [6.07, 6.45) is 8.62. The third-order valence-corrected chi connectivity index (χ3v) is 9.15. The Bertz CT molecular complexity index is 1680. The Morgan fingerprint density at radius 3 is 2.41 bits per heavy atom. The van der Waals surface area contributed by atoms with Crippen molar-refractivity contribution in [1.82, 2.24) is 34.3 Å². The normalized spacial score (nSPS) is 20.7. The molecule has 9 heteroatoms. The van der Waals surface area contributed by atoms with Gasteiger partial charge in [0.25, 0.3) is 0 Å². The van der Waals surface area contributed by atoms with Gasteiger partial charge in [-0.1, -0.05) is 18.2 Å². The summed E-state index contributed by atoms with van der Waals surface area (Å²) in [6.45, 7) is 8.93. The molecular weight excluding hydrogens is 510 g/mol. The zero-order valence-corrected chi connectivity index (χ0v) is 24.2. The molecule has 7 rings (SSSR count). The van der Waals surface area contributed by atoms with Crippen molar-refractivity contribution in [2.75, 3.05) is 44.3 Å². The number of hydrogen-bond acceptors (Lipinski definition) is 7. The van der Waals surface area contributed by atoms with Crippen molar-refractivity contribution in [3.05, 3.63) is 60.0 Å². The van der Waals surface area contributed by atoms with Crippen molar-refractivity contribution < 1.29 is 0 Å². The Morgan fingerprint density at radius 2 is 1.66 bits per heavy atom. The van der Waals surface area contributed by atoms with Crippen LogP contribution in [0.4, 0.5) is 17.5 Å². The van der Waals surface area contributed by atoms with E-state index in [0.29, 0.717) is 17.9 Å². The predicted octanol–water partition coefficient (Wildman–Crippen LogP) is 5.65. The molecule has 3 aromatic heterocycles. The quantitative estimate of drug-likeness (QED) is 0.260. The Hall–Kier alpha value is -3.95. The minimum absolute atomic E-state index is 0.422. The number of aromatic amines is 1. The zero-order valence-electron chi connectivity index (χ0n) is 24.2. The fraction of sp³-hybridized carbons (Fsp3) is 0.406. The van der Waals surface area contributed by atoms with E-state index in [4.69, 9.17) is 15.7 Å². The molecule has 1 aliphatic carbocycles. The van der Waals surface area contributed by atoms with E-state index in [9.17, 15) is 0 Å². The first-order valence-electron chi connectivity index (χ1n) is 14.8. The van der Waals surface area contributed by atoms with Gasteiger partial charge in [-0.25, -0.2) is 15.0 Å². The van der Waals surface area contributed by atoms with Crippen LogP contribution in [-0.4, -0.2) is 73.6 Å². The molecule has 1 saturated heterocycles. The molecule has 0 radical (unpaired) electrons. The molecule has 0 spiro atoms. The molecule has 1 aliphatic heterocycles. The smallest absolute Gasteiger partial charge is 0.205 e. The van der Waals surface area contributed by atoms with Gasteiger partial charge in [0.2, 0.25) is 5.95 Å². The summed E-state index contributed by atoms with van der Waals surface area (Å²) in [5, 5.41) is 4.37. The second-order valence-electron chi connectivity index (χ2n) is 12.0. The zero-order chi connectivity index (χ0) is 28.1. The lowest BCUT2D eigenvalue weighted by Gasteiger charge is -2.41. The number of piperazine rings is 1. The Labute approximate surface area is 240 Å². The second-order valence-corrected chi connectivity index (χ2v) is 12.0. The van der Waals surface area contributed by atoms with Crippen LogP contribution in [0.2, 0.25) is 0 Å². The first kappa shape index (κ1) is 26.0. The minimum Gasteiger partial charge on any atom is -0.383 e. The first-order chi connectivity index (χ1) is 19.9. The number of aromatic nitrogens is 5. The van der Waals surface area contributed by atoms with E-state index >= 15 is 0 Å². The maximum Gasteiger partial charge on any atom is 0.205 e. The first-order valence-corrected chi connectivity index (χ1v) is 14.8. The number of nitrogens with zero attached hydrogens (tertiary/aromatic N) is 6. The molecule has 1 saturated carbocycles. The number of nitrogens with two attached hydrogens (primary N) is 1. The van der Waals surface area contributed by atoms with Gasteiger partial charge in [-0.05, 0) is 81.5 Å². The summed E-state index contributed by atoms with van der Waals surface area (Å²) in [4.78, 5) is 22.4. The second kappa shape index (κ2) is 10.5. The van der Waals surface area contributed by atoms with E-state index in [2.05, 4.69) is 93.1 Å². The van der Waals surface area contributed by atoms with Crippen LogP contribution in [0, 0.1) is 13.8 Å². The van der Waals surface area contributed by atoms with Crippen molar-refractivity contribution in [3.63, 3.8) is 0 Å². The van der Waals surface area contributed by atoms with Gasteiger partial charge >= 0.3 is 0 Å². The SMILES string of the molecule is Cc1cc(C)c2[nH]c(Nc3ccc(-c4cn(C5CCC(N6CCN(C)CC6)CC5)c5ncnc(N)c45)cc3)nc2c1. The van der Waals surface area contributed by atoms with Crippen LogP contribution in [-0.2, 0) is 0 Å². The Kier molecular flexibility index (Phi) is 6.63. The van der Waals surface area contributed by atoms with Crippen LogP contribution in [0.3, 0.4) is 0 Å². The fourth-order valence-electron chi connectivity index (χ4n) is 6.89.